The average molecular weight is 397 g/mol. The maximum atomic E-state index is 14.5. The van der Waals surface area contributed by atoms with Crippen LogP contribution in [0.3, 0.4) is 0 Å². The molecule has 0 radical (unpaired) electrons. The molecule has 1 heterocycles. The molecule has 1 atom stereocenters. The first-order valence-electron chi connectivity index (χ1n) is 8.77. The van der Waals surface area contributed by atoms with E-state index in [1.165, 1.54) is 42.2 Å². The minimum absolute atomic E-state index is 0.00373. The van der Waals surface area contributed by atoms with Crippen molar-refractivity contribution in [1.82, 2.24) is 5.32 Å². The number of rotatable bonds is 5. The van der Waals surface area contributed by atoms with Crippen LogP contribution in [0.15, 0.2) is 42.5 Å². The van der Waals surface area contributed by atoms with Gasteiger partial charge in [-0.25, -0.2) is 13.6 Å². The highest BCUT2D eigenvalue weighted by molar-refractivity contribution is 5.90. The molecule has 1 N–H and O–H groups in total. The molecule has 1 fully saturated rings. The normalized spacial score (nSPS) is 16.3. The van der Waals surface area contributed by atoms with Gasteiger partial charge in [0.1, 0.15) is 17.7 Å². The number of nitrogens with zero attached hydrogens (tertiary/aromatic N) is 2. The van der Waals surface area contributed by atoms with Gasteiger partial charge in [-0.15, -0.1) is 0 Å². The Balaban J connectivity index is 1.77. The fraction of sp³-hybridized carbons (Fsp3) is 0.190. The number of halogens is 2. The quantitative estimate of drug-likeness (QED) is 0.781. The number of amides is 2. The Labute approximate surface area is 166 Å². The first-order valence-corrected chi connectivity index (χ1v) is 8.77. The van der Waals surface area contributed by atoms with Crippen molar-refractivity contribution in [3.8, 4) is 6.07 Å². The summed E-state index contributed by atoms with van der Waals surface area (Å²) in [6.07, 6.45) is -0.168. The van der Waals surface area contributed by atoms with E-state index >= 15 is 0 Å². The largest absolute Gasteiger partial charge is 0.442 e. The summed E-state index contributed by atoms with van der Waals surface area (Å²) in [5, 5.41) is 11.5. The van der Waals surface area contributed by atoms with Gasteiger partial charge in [-0.05, 0) is 36.4 Å². The van der Waals surface area contributed by atoms with Crippen molar-refractivity contribution >= 4 is 29.6 Å². The van der Waals surface area contributed by atoms with Gasteiger partial charge in [0.2, 0.25) is 5.91 Å². The first kappa shape index (κ1) is 20.0. The van der Waals surface area contributed by atoms with Crippen molar-refractivity contribution in [1.29, 1.82) is 5.26 Å². The Kier molecular flexibility index (Phi) is 5.88. The second-order valence-corrected chi connectivity index (χ2v) is 6.44. The van der Waals surface area contributed by atoms with Crippen LogP contribution in [0.25, 0.3) is 11.9 Å². The van der Waals surface area contributed by atoms with Crippen LogP contribution in [0.5, 0.6) is 0 Å². The van der Waals surface area contributed by atoms with Gasteiger partial charge in [0.05, 0.1) is 30.4 Å². The molecule has 0 aliphatic carbocycles. The topological polar surface area (TPSA) is 82.4 Å². The standard InChI is InChI=1S/C21H17F2N3O3/c1-13(27)25-11-18-12-26(21(28)29-18)17-6-5-16(20(23)9-17)8-19(22)15-4-2-3-14(7-15)10-24/h2-9,18H,11-12H2,1H3,(H,25,27)/t18-/m0/s1. The second kappa shape index (κ2) is 8.52. The summed E-state index contributed by atoms with van der Waals surface area (Å²) in [6, 6.07) is 11.8. The van der Waals surface area contributed by atoms with Crippen LogP contribution in [0.4, 0.5) is 19.3 Å². The number of ether oxygens (including phenoxy) is 1. The highest BCUT2D eigenvalue weighted by Gasteiger charge is 2.32. The average Bonchev–Trinajstić information content (AvgIpc) is 3.08. The number of hydrogen-bond acceptors (Lipinski definition) is 4. The second-order valence-electron chi connectivity index (χ2n) is 6.44. The molecule has 0 unspecified atom stereocenters. The zero-order chi connectivity index (χ0) is 21.0. The predicted molar refractivity (Wildman–Crippen MR) is 103 cm³/mol. The third-order valence-electron chi connectivity index (χ3n) is 4.30. The van der Waals surface area contributed by atoms with Crippen molar-refractivity contribution in [2.45, 2.75) is 13.0 Å². The number of cyclic esters (lactones) is 1. The number of nitrogens with one attached hydrogen (secondary N) is 1. The molecular formula is C21H17F2N3O3. The van der Waals surface area contributed by atoms with Gasteiger partial charge in [0.25, 0.3) is 0 Å². The van der Waals surface area contributed by atoms with Crippen LogP contribution in [0, 0.1) is 17.1 Å². The molecule has 29 heavy (non-hydrogen) atoms. The zero-order valence-electron chi connectivity index (χ0n) is 15.5. The van der Waals surface area contributed by atoms with Gasteiger partial charge in [-0.3, -0.25) is 9.69 Å². The van der Waals surface area contributed by atoms with E-state index < -0.39 is 23.8 Å². The highest BCUT2D eigenvalue weighted by Crippen LogP contribution is 2.27. The van der Waals surface area contributed by atoms with Crippen LogP contribution in [-0.2, 0) is 9.53 Å². The summed E-state index contributed by atoms with van der Waals surface area (Å²) in [4.78, 5) is 24.2. The van der Waals surface area contributed by atoms with Crippen molar-refractivity contribution < 1.29 is 23.1 Å². The third-order valence-corrected chi connectivity index (χ3v) is 4.30. The Morgan fingerprint density at radius 2 is 2.17 bits per heavy atom. The summed E-state index contributed by atoms with van der Waals surface area (Å²) in [5.74, 6) is -1.65. The molecule has 0 saturated carbocycles. The van der Waals surface area contributed by atoms with Crippen molar-refractivity contribution in [3.63, 3.8) is 0 Å². The molecule has 0 spiro atoms. The van der Waals surface area contributed by atoms with E-state index in [0.29, 0.717) is 5.56 Å². The Hall–Kier alpha value is -3.73. The molecular weight excluding hydrogens is 380 g/mol. The molecule has 1 aliphatic rings. The summed E-state index contributed by atoms with van der Waals surface area (Å²) >= 11 is 0. The monoisotopic (exact) mass is 397 g/mol. The predicted octanol–water partition coefficient (Wildman–Crippen LogP) is 3.63. The highest BCUT2D eigenvalue weighted by atomic mass is 19.1. The minimum Gasteiger partial charge on any atom is -0.442 e. The van der Waals surface area contributed by atoms with E-state index in [9.17, 15) is 18.4 Å². The summed E-state index contributed by atoms with van der Waals surface area (Å²) in [6.45, 7) is 1.67. The molecule has 8 heteroatoms. The Bertz CT molecular complexity index is 1030. The van der Waals surface area contributed by atoms with Crippen molar-refractivity contribution in [2.24, 2.45) is 0 Å². The van der Waals surface area contributed by atoms with Crippen LogP contribution in [0.2, 0.25) is 0 Å². The lowest BCUT2D eigenvalue weighted by molar-refractivity contribution is -0.119. The van der Waals surface area contributed by atoms with Crippen LogP contribution < -0.4 is 10.2 Å². The van der Waals surface area contributed by atoms with E-state index in [-0.39, 0.29) is 35.8 Å². The SMILES string of the molecule is CC(=O)NC[C@H]1CN(c2ccc(C=C(F)c3cccc(C#N)c3)c(F)c2)C(=O)O1. The number of benzene rings is 2. The lowest BCUT2D eigenvalue weighted by atomic mass is 10.1. The van der Waals surface area contributed by atoms with E-state index in [1.807, 2.05) is 6.07 Å². The van der Waals surface area contributed by atoms with Gasteiger partial charge in [-0.2, -0.15) is 5.26 Å². The van der Waals surface area contributed by atoms with Gasteiger partial charge in [0.15, 0.2) is 0 Å². The molecule has 2 amide bonds. The Morgan fingerprint density at radius 1 is 1.38 bits per heavy atom. The number of nitriles is 1. The first-order chi connectivity index (χ1) is 13.9. The van der Waals surface area contributed by atoms with E-state index in [2.05, 4.69) is 5.32 Å². The van der Waals surface area contributed by atoms with Gasteiger partial charge >= 0.3 is 6.09 Å². The van der Waals surface area contributed by atoms with Gasteiger partial charge in [-0.1, -0.05) is 12.1 Å². The molecule has 148 valence electrons. The van der Waals surface area contributed by atoms with Crippen molar-refractivity contribution in [2.75, 3.05) is 18.0 Å². The third kappa shape index (κ3) is 4.76. The maximum Gasteiger partial charge on any atom is 0.414 e. The molecule has 2 aromatic carbocycles. The number of hydrogen-bond donors (Lipinski definition) is 1. The van der Waals surface area contributed by atoms with Gasteiger partial charge in [0, 0.05) is 18.1 Å². The zero-order valence-corrected chi connectivity index (χ0v) is 15.5. The van der Waals surface area contributed by atoms with Crippen LogP contribution >= 0.6 is 0 Å². The van der Waals surface area contributed by atoms with Crippen LogP contribution in [-0.4, -0.2) is 31.2 Å². The molecule has 3 rings (SSSR count). The van der Waals surface area contributed by atoms with E-state index in [1.54, 1.807) is 6.07 Å². The lowest BCUT2D eigenvalue weighted by Crippen LogP contribution is -2.33. The van der Waals surface area contributed by atoms with Crippen LogP contribution in [0.1, 0.15) is 23.6 Å². The molecule has 1 saturated heterocycles. The summed E-state index contributed by atoms with van der Waals surface area (Å²) < 4.78 is 34.1. The lowest BCUT2D eigenvalue weighted by Gasteiger charge is -2.14. The fourth-order valence-electron chi connectivity index (χ4n) is 2.85. The molecule has 1 aliphatic heterocycles. The van der Waals surface area contributed by atoms with Crippen molar-refractivity contribution in [3.05, 3.63) is 65.0 Å². The molecule has 0 aromatic heterocycles. The smallest absolute Gasteiger partial charge is 0.414 e. The fourth-order valence-corrected chi connectivity index (χ4v) is 2.85. The number of anilines is 1. The van der Waals surface area contributed by atoms with Gasteiger partial charge < -0.3 is 10.1 Å². The minimum atomic E-state index is -0.716. The number of carbonyl (C=O) groups excluding carboxylic acids is 2. The Morgan fingerprint density at radius 3 is 2.86 bits per heavy atom. The molecule has 6 nitrogen and oxygen atoms in total. The molecule has 0 bridgehead atoms. The van der Waals surface area contributed by atoms with E-state index in [0.717, 1.165) is 12.1 Å². The maximum absolute atomic E-state index is 14.5. The molecule has 2 aromatic rings. The summed E-state index contributed by atoms with van der Waals surface area (Å²) in [7, 11) is 0. The number of carbonyl (C=O) groups is 2. The summed E-state index contributed by atoms with van der Waals surface area (Å²) in [5.41, 5.74) is 0.720. The van der Waals surface area contributed by atoms with E-state index in [4.69, 9.17) is 10.00 Å².